The van der Waals surface area contributed by atoms with E-state index in [1.165, 1.54) is 6.07 Å². The van der Waals surface area contributed by atoms with E-state index in [-0.39, 0.29) is 6.42 Å². The number of carboxylic acids is 1. The molecule has 0 aliphatic rings. The van der Waals surface area contributed by atoms with E-state index in [0.717, 1.165) is 25.7 Å². The van der Waals surface area contributed by atoms with Gasteiger partial charge in [0.2, 0.25) is 5.91 Å². The molecule has 0 bridgehead atoms. The topological polar surface area (TPSA) is 78.4 Å². The number of carboxylic acid groups (broad SMARTS) is 1. The van der Waals surface area contributed by atoms with Crippen molar-refractivity contribution >= 4 is 40.8 Å². The van der Waals surface area contributed by atoms with Gasteiger partial charge in [-0.1, -0.05) is 49.4 Å². The second-order valence-corrected chi connectivity index (χ2v) is 6.13. The minimum Gasteiger partial charge on any atom is -0.480 e. The lowest BCUT2D eigenvalue weighted by Gasteiger charge is -2.15. The van der Waals surface area contributed by atoms with Gasteiger partial charge in [-0.25, -0.2) is 0 Å². The number of nitrogens with one attached hydrogen (secondary N) is 2. The van der Waals surface area contributed by atoms with Gasteiger partial charge in [0, 0.05) is 5.02 Å². The van der Waals surface area contributed by atoms with Crippen molar-refractivity contribution in [2.75, 3.05) is 11.9 Å². The van der Waals surface area contributed by atoms with Gasteiger partial charge in [-0.05, 0) is 31.2 Å². The Kier molecular flexibility index (Phi) is 8.99. The molecule has 0 aliphatic heterocycles. The summed E-state index contributed by atoms with van der Waals surface area (Å²) in [5, 5.41) is 15.5. The van der Waals surface area contributed by atoms with Gasteiger partial charge < -0.3 is 15.7 Å². The molecule has 0 radical (unpaired) electrons. The fraction of sp³-hybridized carbons (Fsp3) is 0.500. The highest BCUT2D eigenvalue weighted by atomic mass is 35.5. The molecule has 1 amide bonds. The fourth-order valence-corrected chi connectivity index (χ4v) is 2.51. The second kappa shape index (κ2) is 10.5. The number of anilines is 1. The summed E-state index contributed by atoms with van der Waals surface area (Å²) in [6.45, 7) is 2.69. The zero-order valence-electron chi connectivity index (χ0n) is 13.1. The van der Waals surface area contributed by atoms with Crippen LogP contribution in [0.5, 0.6) is 0 Å². The average molecular weight is 361 g/mol. The molecule has 0 saturated heterocycles. The lowest BCUT2D eigenvalue weighted by atomic mass is 10.1. The van der Waals surface area contributed by atoms with Crippen LogP contribution in [0.4, 0.5) is 5.69 Å². The highest BCUT2D eigenvalue weighted by molar-refractivity contribution is 6.36. The van der Waals surface area contributed by atoms with Gasteiger partial charge in [-0.15, -0.1) is 0 Å². The number of amides is 1. The minimum atomic E-state index is -1.04. The molecule has 0 aliphatic carbocycles. The molecule has 1 unspecified atom stereocenters. The summed E-state index contributed by atoms with van der Waals surface area (Å²) in [6, 6.07) is 3.78. The number of carbonyl (C=O) groups excluding carboxylic acids is 1. The van der Waals surface area contributed by atoms with Crippen molar-refractivity contribution in [2.24, 2.45) is 0 Å². The number of aliphatic carboxylic acids is 1. The van der Waals surface area contributed by atoms with Crippen molar-refractivity contribution in [2.45, 2.75) is 45.1 Å². The Bertz CT molecular complexity index is 538. The Morgan fingerprint density at radius 2 is 1.96 bits per heavy atom. The third-order valence-electron chi connectivity index (χ3n) is 3.31. The summed E-state index contributed by atoms with van der Waals surface area (Å²) in [5.41, 5.74) is 0.410. The zero-order chi connectivity index (χ0) is 17.2. The predicted octanol–water partition coefficient (Wildman–Crippen LogP) is 3.95. The number of carbonyl (C=O) groups is 2. The number of hydrogen-bond acceptors (Lipinski definition) is 3. The maximum Gasteiger partial charge on any atom is 0.321 e. The number of hydrogen-bond donors (Lipinski definition) is 3. The summed E-state index contributed by atoms with van der Waals surface area (Å²) in [7, 11) is 0. The highest BCUT2D eigenvalue weighted by Gasteiger charge is 2.20. The highest BCUT2D eigenvalue weighted by Crippen LogP contribution is 2.25. The molecule has 0 heterocycles. The van der Waals surface area contributed by atoms with Crippen molar-refractivity contribution < 1.29 is 14.7 Å². The van der Waals surface area contributed by atoms with Crippen molar-refractivity contribution in [3.63, 3.8) is 0 Å². The Morgan fingerprint density at radius 1 is 1.22 bits per heavy atom. The molecule has 1 atom stereocenters. The molecule has 0 saturated carbocycles. The van der Waals surface area contributed by atoms with E-state index < -0.39 is 17.9 Å². The normalized spacial score (nSPS) is 12.0. The van der Waals surface area contributed by atoms with E-state index in [0.29, 0.717) is 22.3 Å². The van der Waals surface area contributed by atoms with Gasteiger partial charge in [0.15, 0.2) is 0 Å². The molecular formula is C16H22Cl2N2O3. The molecule has 1 aromatic carbocycles. The van der Waals surface area contributed by atoms with Crippen LogP contribution in [0.1, 0.15) is 39.0 Å². The van der Waals surface area contributed by atoms with Gasteiger partial charge in [0.1, 0.15) is 6.04 Å². The standard InChI is InChI=1S/C16H22Cl2N2O3/c1-2-3-4-5-8-19-14(16(22)23)10-15(21)20-13-7-6-11(17)9-12(13)18/h6-7,9,14,19H,2-5,8,10H2,1H3,(H,20,21)(H,22,23). The Morgan fingerprint density at radius 3 is 2.57 bits per heavy atom. The molecule has 0 aromatic heterocycles. The first kappa shape index (κ1) is 19.7. The van der Waals surface area contributed by atoms with Crippen molar-refractivity contribution in [3.8, 4) is 0 Å². The smallest absolute Gasteiger partial charge is 0.321 e. The molecular weight excluding hydrogens is 339 g/mol. The fourth-order valence-electron chi connectivity index (χ4n) is 2.05. The van der Waals surface area contributed by atoms with Crippen LogP contribution in [-0.4, -0.2) is 29.6 Å². The van der Waals surface area contributed by atoms with Crippen LogP contribution < -0.4 is 10.6 Å². The number of halogens is 2. The van der Waals surface area contributed by atoms with Crippen LogP contribution in [0, 0.1) is 0 Å². The van der Waals surface area contributed by atoms with Crippen LogP contribution in [0.3, 0.4) is 0 Å². The van der Waals surface area contributed by atoms with E-state index in [9.17, 15) is 14.7 Å². The van der Waals surface area contributed by atoms with Gasteiger partial charge in [0.05, 0.1) is 17.1 Å². The number of unbranched alkanes of at least 4 members (excludes halogenated alkanes) is 3. The lowest BCUT2D eigenvalue weighted by Crippen LogP contribution is -2.40. The van der Waals surface area contributed by atoms with Gasteiger partial charge in [-0.2, -0.15) is 0 Å². The summed E-state index contributed by atoms with van der Waals surface area (Å²) in [5.74, 6) is -1.46. The van der Waals surface area contributed by atoms with E-state index in [4.69, 9.17) is 23.2 Å². The Balaban J connectivity index is 2.48. The quantitative estimate of drug-likeness (QED) is 0.552. The summed E-state index contributed by atoms with van der Waals surface area (Å²) in [4.78, 5) is 23.2. The van der Waals surface area contributed by atoms with E-state index in [1.807, 2.05) is 0 Å². The summed E-state index contributed by atoms with van der Waals surface area (Å²) < 4.78 is 0. The van der Waals surface area contributed by atoms with E-state index in [2.05, 4.69) is 17.6 Å². The first-order valence-corrected chi connectivity index (χ1v) is 8.40. The Hall–Kier alpha value is -1.30. The molecule has 7 heteroatoms. The average Bonchev–Trinajstić information content (AvgIpc) is 2.48. The molecule has 128 valence electrons. The maximum atomic E-state index is 12.0. The first-order chi connectivity index (χ1) is 10.9. The monoisotopic (exact) mass is 360 g/mol. The van der Waals surface area contributed by atoms with Crippen LogP contribution in [0.2, 0.25) is 10.0 Å². The van der Waals surface area contributed by atoms with Crippen molar-refractivity contribution in [3.05, 3.63) is 28.2 Å². The van der Waals surface area contributed by atoms with Crippen LogP contribution in [-0.2, 0) is 9.59 Å². The van der Waals surface area contributed by atoms with Crippen molar-refractivity contribution in [1.82, 2.24) is 5.32 Å². The molecule has 0 spiro atoms. The summed E-state index contributed by atoms with van der Waals surface area (Å²) >= 11 is 11.8. The summed E-state index contributed by atoms with van der Waals surface area (Å²) in [6.07, 6.45) is 4.01. The molecule has 1 rings (SSSR count). The van der Waals surface area contributed by atoms with E-state index >= 15 is 0 Å². The molecule has 0 fully saturated rings. The van der Waals surface area contributed by atoms with Crippen LogP contribution in [0.25, 0.3) is 0 Å². The SMILES string of the molecule is CCCCCCNC(CC(=O)Nc1ccc(Cl)cc1Cl)C(=O)O. The zero-order valence-corrected chi connectivity index (χ0v) is 14.6. The number of benzene rings is 1. The Labute approximate surface area is 146 Å². The third-order valence-corrected chi connectivity index (χ3v) is 3.86. The van der Waals surface area contributed by atoms with Crippen molar-refractivity contribution in [1.29, 1.82) is 0 Å². The van der Waals surface area contributed by atoms with E-state index in [1.54, 1.807) is 12.1 Å². The molecule has 23 heavy (non-hydrogen) atoms. The molecule has 1 aromatic rings. The third kappa shape index (κ3) is 7.68. The van der Waals surface area contributed by atoms with Crippen LogP contribution >= 0.6 is 23.2 Å². The second-order valence-electron chi connectivity index (χ2n) is 5.28. The molecule has 5 nitrogen and oxygen atoms in total. The van der Waals surface area contributed by atoms with Gasteiger partial charge in [0.25, 0.3) is 0 Å². The molecule has 3 N–H and O–H groups in total. The number of rotatable bonds is 10. The predicted molar refractivity (Wildman–Crippen MR) is 93.3 cm³/mol. The minimum absolute atomic E-state index is 0.165. The lowest BCUT2D eigenvalue weighted by molar-refractivity contribution is -0.141. The van der Waals surface area contributed by atoms with Crippen LogP contribution in [0.15, 0.2) is 18.2 Å². The first-order valence-electron chi connectivity index (χ1n) is 7.65. The van der Waals surface area contributed by atoms with Gasteiger partial charge >= 0.3 is 5.97 Å². The van der Waals surface area contributed by atoms with Gasteiger partial charge in [-0.3, -0.25) is 9.59 Å². The maximum absolute atomic E-state index is 12.0. The largest absolute Gasteiger partial charge is 0.480 e.